The number of anilines is 1. The molecule has 2 atom stereocenters. The van der Waals surface area contributed by atoms with Gasteiger partial charge < -0.3 is 9.80 Å². The van der Waals surface area contributed by atoms with Crippen LogP contribution in [0.5, 0.6) is 0 Å². The zero-order chi connectivity index (χ0) is 14.8. The van der Waals surface area contributed by atoms with E-state index in [1.807, 2.05) is 6.20 Å². The van der Waals surface area contributed by atoms with Gasteiger partial charge in [0.25, 0.3) is 0 Å². The second kappa shape index (κ2) is 6.25. The average Bonchev–Trinajstić information content (AvgIpc) is 2.92. The Hall–Kier alpha value is -1.24. The molecular weight excluding hydrogens is 276 g/mol. The molecule has 2 heterocycles. The van der Waals surface area contributed by atoms with Gasteiger partial charge in [0, 0.05) is 32.1 Å². The van der Waals surface area contributed by atoms with Crippen LogP contribution in [0.1, 0.15) is 19.3 Å². The molecule has 1 saturated heterocycles. The fourth-order valence-corrected chi connectivity index (χ4v) is 3.17. The Morgan fingerprint density at radius 3 is 2.48 bits per heavy atom. The van der Waals surface area contributed by atoms with Gasteiger partial charge in [0.15, 0.2) is 5.82 Å². The van der Waals surface area contributed by atoms with Gasteiger partial charge in [0.2, 0.25) is 0 Å². The van der Waals surface area contributed by atoms with E-state index in [4.69, 9.17) is 0 Å². The summed E-state index contributed by atoms with van der Waals surface area (Å²) in [4.78, 5) is 4.44. The number of rotatable bonds is 3. The summed E-state index contributed by atoms with van der Waals surface area (Å²) in [5.41, 5.74) is 0. The Kier molecular flexibility index (Phi) is 4.37. The molecule has 2 unspecified atom stereocenters. The lowest BCUT2D eigenvalue weighted by Crippen LogP contribution is -2.44. The van der Waals surface area contributed by atoms with Crippen LogP contribution in [0.25, 0.3) is 0 Å². The van der Waals surface area contributed by atoms with E-state index >= 15 is 0 Å². The van der Waals surface area contributed by atoms with Gasteiger partial charge in [0.1, 0.15) is 12.3 Å². The second-order valence-corrected chi connectivity index (χ2v) is 6.22. The Labute approximate surface area is 123 Å². The van der Waals surface area contributed by atoms with E-state index in [9.17, 15) is 8.78 Å². The predicted octanol–water partition coefficient (Wildman–Crippen LogP) is 1.51. The molecule has 118 valence electrons. The first-order valence-electron chi connectivity index (χ1n) is 7.75. The predicted molar refractivity (Wildman–Crippen MR) is 76.9 cm³/mol. The number of aromatic nitrogens is 3. The van der Waals surface area contributed by atoms with Crippen molar-refractivity contribution in [3.63, 3.8) is 0 Å². The standard InChI is InChI=1S/C14H23F2N5/c1-19-5-7-20(8-6-19)14-10-21(18-17-14)9-11-12(15)3-2-4-13(11)16/h10-13H,2-9H2,1H3. The molecule has 1 aliphatic heterocycles. The lowest BCUT2D eigenvalue weighted by atomic mass is 9.86. The third-order valence-electron chi connectivity index (χ3n) is 4.64. The van der Waals surface area contributed by atoms with Crippen molar-refractivity contribution < 1.29 is 8.78 Å². The Morgan fingerprint density at radius 2 is 1.81 bits per heavy atom. The lowest BCUT2D eigenvalue weighted by molar-refractivity contribution is 0.0612. The first-order chi connectivity index (χ1) is 10.1. The maximum Gasteiger partial charge on any atom is 0.171 e. The summed E-state index contributed by atoms with van der Waals surface area (Å²) in [5.74, 6) is 0.227. The van der Waals surface area contributed by atoms with Gasteiger partial charge in [-0.1, -0.05) is 5.21 Å². The fraction of sp³-hybridized carbons (Fsp3) is 0.857. The number of piperazine rings is 1. The van der Waals surface area contributed by atoms with Crippen molar-refractivity contribution in [2.24, 2.45) is 5.92 Å². The highest BCUT2D eigenvalue weighted by atomic mass is 19.1. The Morgan fingerprint density at radius 1 is 1.14 bits per heavy atom. The zero-order valence-corrected chi connectivity index (χ0v) is 12.5. The first-order valence-corrected chi connectivity index (χ1v) is 7.75. The maximum atomic E-state index is 13.9. The molecule has 7 heteroatoms. The monoisotopic (exact) mass is 299 g/mol. The van der Waals surface area contributed by atoms with E-state index in [-0.39, 0.29) is 6.54 Å². The minimum atomic E-state index is -1.06. The van der Waals surface area contributed by atoms with E-state index in [0.717, 1.165) is 32.0 Å². The van der Waals surface area contributed by atoms with Crippen LogP contribution in [0.15, 0.2) is 6.20 Å². The van der Waals surface area contributed by atoms with E-state index in [0.29, 0.717) is 19.3 Å². The summed E-state index contributed by atoms with van der Waals surface area (Å²) in [5, 5.41) is 8.21. The molecule has 3 rings (SSSR count). The normalized spacial score (nSPS) is 31.6. The van der Waals surface area contributed by atoms with Gasteiger partial charge in [-0.2, -0.15) is 0 Å². The molecular formula is C14H23F2N5. The number of halogens is 2. The third-order valence-corrected chi connectivity index (χ3v) is 4.64. The van der Waals surface area contributed by atoms with Crippen molar-refractivity contribution >= 4 is 5.82 Å². The number of nitrogens with zero attached hydrogens (tertiary/aromatic N) is 5. The molecule has 0 radical (unpaired) electrons. The largest absolute Gasteiger partial charge is 0.351 e. The molecule has 1 aromatic heterocycles. The van der Waals surface area contributed by atoms with E-state index in [2.05, 4.69) is 27.2 Å². The van der Waals surface area contributed by atoms with E-state index < -0.39 is 18.3 Å². The van der Waals surface area contributed by atoms with Crippen LogP contribution >= 0.6 is 0 Å². The van der Waals surface area contributed by atoms with Crippen LogP contribution in [-0.4, -0.2) is 65.5 Å². The number of hydrogen-bond donors (Lipinski definition) is 0. The molecule has 1 saturated carbocycles. The van der Waals surface area contributed by atoms with Gasteiger partial charge in [-0.25, -0.2) is 13.5 Å². The first kappa shape index (κ1) is 14.7. The smallest absolute Gasteiger partial charge is 0.171 e. The quantitative estimate of drug-likeness (QED) is 0.848. The van der Waals surface area contributed by atoms with Gasteiger partial charge >= 0.3 is 0 Å². The lowest BCUT2D eigenvalue weighted by Gasteiger charge is -2.32. The maximum absolute atomic E-state index is 13.9. The summed E-state index contributed by atoms with van der Waals surface area (Å²) >= 11 is 0. The highest BCUT2D eigenvalue weighted by molar-refractivity contribution is 5.35. The van der Waals surface area contributed by atoms with Crippen molar-refractivity contribution in [3.8, 4) is 0 Å². The topological polar surface area (TPSA) is 37.2 Å². The molecule has 2 fully saturated rings. The van der Waals surface area contributed by atoms with Gasteiger partial charge in [0.05, 0.1) is 12.7 Å². The summed E-state index contributed by atoms with van der Waals surface area (Å²) in [6.45, 7) is 4.10. The van der Waals surface area contributed by atoms with Crippen molar-refractivity contribution in [3.05, 3.63) is 6.20 Å². The number of alkyl halides is 2. The molecule has 0 aromatic carbocycles. The molecule has 1 aromatic rings. The van der Waals surface area contributed by atoms with Gasteiger partial charge in [-0.05, 0) is 26.3 Å². The second-order valence-electron chi connectivity index (χ2n) is 6.22. The van der Waals surface area contributed by atoms with Crippen LogP contribution in [-0.2, 0) is 6.54 Å². The van der Waals surface area contributed by atoms with Crippen molar-refractivity contribution in [1.82, 2.24) is 19.9 Å². The summed E-state index contributed by atoms with van der Waals surface area (Å²) in [6.07, 6.45) is 1.26. The van der Waals surface area contributed by atoms with Crippen LogP contribution in [0.4, 0.5) is 14.6 Å². The van der Waals surface area contributed by atoms with E-state index in [1.54, 1.807) is 4.68 Å². The minimum Gasteiger partial charge on any atom is -0.351 e. The van der Waals surface area contributed by atoms with Gasteiger partial charge in [-0.3, -0.25) is 0 Å². The molecule has 0 spiro atoms. The molecule has 0 N–H and O–H groups in total. The fourth-order valence-electron chi connectivity index (χ4n) is 3.17. The Bertz CT molecular complexity index is 448. The van der Waals surface area contributed by atoms with Crippen molar-refractivity contribution in [2.45, 2.75) is 38.2 Å². The summed E-state index contributed by atoms with van der Waals surface area (Å²) in [6, 6.07) is 0. The highest BCUT2D eigenvalue weighted by Gasteiger charge is 2.34. The average molecular weight is 299 g/mol. The van der Waals surface area contributed by atoms with Crippen LogP contribution in [0, 0.1) is 5.92 Å². The zero-order valence-electron chi connectivity index (χ0n) is 12.5. The Balaban J connectivity index is 1.62. The number of likely N-dealkylation sites (N-methyl/N-ethyl adjacent to an activating group) is 1. The van der Waals surface area contributed by atoms with Crippen LogP contribution in [0.3, 0.4) is 0 Å². The minimum absolute atomic E-state index is 0.281. The molecule has 5 nitrogen and oxygen atoms in total. The molecule has 21 heavy (non-hydrogen) atoms. The molecule has 2 aliphatic rings. The summed E-state index contributed by atoms with van der Waals surface area (Å²) in [7, 11) is 2.10. The van der Waals surface area contributed by atoms with Crippen LogP contribution < -0.4 is 4.90 Å². The third kappa shape index (κ3) is 3.33. The summed E-state index contributed by atoms with van der Waals surface area (Å²) < 4.78 is 29.3. The number of hydrogen-bond acceptors (Lipinski definition) is 4. The molecule has 1 aliphatic carbocycles. The van der Waals surface area contributed by atoms with Crippen LogP contribution in [0.2, 0.25) is 0 Å². The van der Waals surface area contributed by atoms with E-state index in [1.165, 1.54) is 0 Å². The molecule has 0 amide bonds. The van der Waals surface area contributed by atoms with Crippen molar-refractivity contribution in [1.29, 1.82) is 0 Å². The van der Waals surface area contributed by atoms with Gasteiger partial charge in [-0.15, -0.1) is 5.10 Å². The molecule has 0 bridgehead atoms. The van der Waals surface area contributed by atoms with Crippen molar-refractivity contribution in [2.75, 3.05) is 38.1 Å². The highest BCUT2D eigenvalue weighted by Crippen LogP contribution is 2.31. The SMILES string of the molecule is CN1CCN(c2cn(CC3C(F)CCCC3F)nn2)CC1.